The molecule has 0 saturated carbocycles. The summed E-state index contributed by atoms with van der Waals surface area (Å²) in [6.45, 7) is 5.83. The van der Waals surface area contributed by atoms with Crippen LogP contribution in [0.1, 0.15) is 43.5 Å². The van der Waals surface area contributed by atoms with E-state index >= 15 is 0 Å². The van der Waals surface area contributed by atoms with Crippen LogP contribution >= 0.6 is 0 Å². The largest absolute Gasteiger partial charge is 0.386 e. The van der Waals surface area contributed by atoms with Crippen molar-refractivity contribution < 1.29 is 14.7 Å². The third kappa shape index (κ3) is 3.05. The molecule has 1 unspecified atom stereocenters. The number of hydrogen-bond donors (Lipinski definition) is 1. The average molecular weight is 330 g/mol. The van der Waals surface area contributed by atoms with E-state index in [1.165, 1.54) is 0 Å². The molecular weight excluding hydrogens is 304 g/mol. The molecule has 5 nitrogen and oxygen atoms in total. The molecule has 2 aliphatic heterocycles. The summed E-state index contributed by atoms with van der Waals surface area (Å²) < 4.78 is 0. The van der Waals surface area contributed by atoms with Gasteiger partial charge in [0.05, 0.1) is 24.1 Å². The van der Waals surface area contributed by atoms with Crippen LogP contribution in [0.25, 0.3) is 0 Å². The van der Waals surface area contributed by atoms with Crippen molar-refractivity contribution >= 4 is 11.8 Å². The molecular formula is C19H26N2O3. The van der Waals surface area contributed by atoms with Gasteiger partial charge in [-0.25, -0.2) is 0 Å². The molecule has 130 valence electrons. The first-order valence-electron chi connectivity index (χ1n) is 8.73. The Labute approximate surface area is 143 Å². The Morgan fingerprint density at radius 1 is 1.12 bits per heavy atom. The third-order valence-corrected chi connectivity index (χ3v) is 5.44. The number of rotatable bonds is 3. The molecule has 2 saturated heterocycles. The van der Waals surface area contributed by atoms with E-state index in [0.29, 0.717) is 38.2 Å². The lowest BCUT2D eigenvalue weighted by Gasteiger charge is -2.50. The SMILES string of the molecule is CCC1(O)CN(C(=O)C2(C)CCCN(C(=O)c3ccccc3)C2)C1. The van der Waals surface area contributed by atoms with Crippen LogP contribution in [0.4, 0.5) is 0 Å². The standard InChI is InChI=1S/C19H26N2O3/c1-3-19(24)13-21(14-19)17(23)18(2)10-7-11-20(12-18)16(22)15-8-5-4-6-9-15/h4-6,8-9,24H,3,7,10-14H2,1-2H3. The second kappa shape index (κ2) is 6.20. The van der Waals surface area contributed by atoms with Crippen LogP contribution < -0.4 is 0 Å². The zero-order valence-corrected chi connectivity index (χ0v) is 14.5. The number of carbonyl (C=O) groups excluding carboxylic acids is 2. The van der Waals surface area contributed by atoms with Crippen LogP contribution in [0, 0.1) is 5.41 Å². The van der Waals surface area contributed by atoms with Gasteiger partial charge in [-0.15, -0.1) is 0 Å². The minimum absolute atomic E-state index is 0.0111. The van der Waals surface area contributed by atoms with E-state index in [9.17, 15) is 14.7 Å². The van der Waals surface area contributed by atoms with Crippen LogP contribution in [-0.4, -0.2) is 58.5 Å². The van der Waals surface area contributed by atoms with Crippen molar-refractivity contribution in [1.29, 1.82) is 0 Å². The number of piperidine rings is 1. The monoisotopic (exact) mass is 330 g/mol. The van der Waals surface area contributed by atoms with Crippen molar-refractivity contribution in [3.63, 3.8) is 0 Å². The second-order valence-electron chi connectivity index (χ2n) is 7.50. The Balaban J connectivity index is 1.68. The molecule has 3 rings (SSSR count). The van der Waals surface area contributed by atoms with Crippen molar-refractivity contribution in [3.05, 3.63) is 35.9 Å². The summed E-state index contributed by atoms with van der Waals surface area (Å²) in [5.74, 6) is 0.0502. The summed E-state index contributed by atoms with van der Waals surface area (Å²) in [4.78, 5) is 29.1. The summed E-state index contributed by atoms with van der Waals surface area (Å²) >= 11 is 0. The maximum absolute atomic E-state index is 12.9. The number of likely N-dealkylation sites (tertiary alicyclic amines) is 2. The summed E-state index contributed by atoms with van der Waals surface area (Å²) in [6.07, 6.45) is 2.27. The van der Waals surface area contributed by atoms with Crippen molar-refractivity contribution in [2.24, 2.45) is 5.41 Å². The molecule has 0 aliphatic carbocycles. The van der Waals surface area contributed by atoms with Gasteiger partial charge in [-0.2, -0.15) is 0 Å². The first kappa shape index (κ1) is 17.0. The molecule has 1 N–H and O–H groups in total. The van der Waals surface area contributed by atoms with E-state index in [1.54, 1.807) is 9.80 Å². The summed E-state index contributed by atoms with van der Waals surface area (Å²) in [6, 6.07) is 9.22. The zero-order chi connectivity index (χ0) is 17.4. The first-order valence-corrected chi connectivity index (χ1v) is 8.73. The smallest absolute Gasteiger partial charge is 0.253 e. The van der Waals surface area contributed by atoms with Gasteiger partial charge in [0, 0.05) is 18.7 Å². The van der Waals surface area contributed by atoms with E-state index in [4.69, 9.17) is 0 Å². The van der Waals surface area contributed by atoms with Crippen LogP contribution in [-0.2, 0) is 4.79 Å². The van der Waals surface area contributed by atoms with E-state index in [0.717, 1.165) is 12.8 Å². The number of hydrogen-bond acceptors (Lipinski definition) is 3. The molecule has 0 radical (unpaired) electrons. The van der Waals surface area contributed by atoms with E-state index in [1.807, 2.05) is 44.2 Å². The second-order valence-corrected chi connectivity index (χ2v) is 7.50. The van der Waals surface area contributed by atoms with Gasteiger partial charge in [0.15, 0.2) is 0 Å². The van der Waals surface area contributed by atoms with Gasteiger partial charge in [0.2, 0.25) is 5.91 Å². The van der Waals surface area contributed by atoms with Crippen molar-refractivity contribution in [1.82, 2.24) is 9.80 Å². The van der Waals surface area contributed by atoms with Crippen LogP contribution in [0.2, 0.25) is 0 Å². The Morgan fingerprint density at radius 2 is 1.79 bits per heavy atom. The minimum atomic E-state index is -0.722. The minimum Gasteiger partial charge on any atom is -0.386 e. The lowest BCUT2D eigenvalue weighted by atomic mass is 9.78. The topological polar surface area (TPSA) is 60.9 Å². The van der Waals surface area contributed by atoms with Gasteiger partial charge < -0.3 is 14.9 Å². The molecule has 0 bridgehead atoms. The van der Waals surface area contributed by atoms with Gasteiger partial charge >= 0.3 is 0 Å². The lowest BCUT2D eigenvalue weighted by molar-refractivity contribution is -0.167. The molecule has 2 heterocycles. The van der Waals surface area contributed by atoms with Gasteiger partial charge in [-0.3, -0.25) is 9.59 Å². The maximum atomic E-state index is 12.9. The molecule has 24 heavy (non-hydrogen) atoms. The fourth-order valence-corrected chi connectivity index (χ4v) is 3.76. The number of nitrogens with zero attached hydrogens (tertiary/aromatic N) is 2. The van der Waals surface area contributed by atoms with Crippen molar-refractivity contribution in [2.75, 3.05) is 26.2 Å². The first-order chi connectivity index (χ1) is 11.4. The van der Waals surface area contributed by atoms with Crippen LogP contribution in [0.15, 0.2) is 30.3 Å². The van der Waals surface area contributed by atoms with Crippen molar-refractivity contribution in [3.8, 4) is 0 Å². The maximum Gasteiger partial charge on any atom is 0.253 e. The molecule has 2 amide bonds. The predicted octanol–water partition coefficient (Wildman–Crippen LogP) is 1.91. The quantitative estimate of drug-likeness (QED) is 0.921. The van der Waals surface area contributed by atoms with Crippen LogP contribution in [0.3, 0.4) is 0 Å². The Kier molecular flexibility index (Phi) is 4.38. The molecule has 1 aromatic carbocycles. The molecule has 0 spiro atoms. The van der Waals surface area contributed by atoms with E-state index < -0.39 is 11.0 Å². The van der Waals surface area contributed by atoms with Crippen LogP contribution in [0.5, 0.6) is 0 Å². The fourth-order valence-electron chi connectivity index (χ4n) is 3.76. The van der Waals surface area contributed by atoms with Gasteiger partial charge in [0.1, 0.15) is 0 Å². The Hall–Kier alpha value is -1.88. The summed E-state index contributed by atoms with van der Waals surface area (Å²) in [5.41, 5.74) is -0.614. The molecule has 2 fully saturated rings. The van der Waals surface area contributed by atoms with Crippen molar-refractivity contribution in [2.45, 2.75) is 38.7 Å². The van der Waals surface area contributed by atoms with Gasteiger partial charge in [-0.1, -0.05) is 25.1 Å². The molecule has 2 aliphatic rings. The lowest BCUT2D eigenvalue weighted by Crippen LogP contribution is -2.66. The zero-order valence-electron chi connectivity index (χ0n) is 14.5. The highest BCUT2D eigenvalue weighted by molar-refractivity contribution is 5.95. The Bertz CT molecular complexity index is 625. The molecule has 5 heteroatoms. The normalized spacial score (nSPS) is 26.0. The van der Waals surface area contributed by atoms with E-state index in [2.05, 4.69) is 0 Å². The average Bonchev–Trinajstić information content (AvgIpc) is 2.58. The highest BCUT2D eigenvalue weighted by Gasteiger charge is 2.49. The number of amides is 2. The number of β-amino-alcohol motifs (C(OH)–C–C–N with tert-alkyl or cyclic N) is 1. The molecule has 1 atom stereocenters. The summed E-state index contributed by atoms with van der Waals surface area (Å²) in [7, 11) is 0. The number of aliphatic hydroxyl groups is 1. The Morgan fingerprint density at radius 3 is 2.42 bits per heavy atom. The highest BCUT2D eigenvalue weighted by Crippen LogP contribution is 2.36. The predicted molar refractivity (Wildman–Crippen MR) is 91.5 cm³/mol. The summed E-state index contributed by atoms with van der Waals surface area (Å²) in [5, 5.41) is 10.2. The van der Waals surface area contributed by atoms with Gasteiger partial charge in [0.25, 0.3) is 5.91 Å². The highest BCUT2D eigenvalue weighted by atomic mass is 16.3. The van der Waals surface area contributed by atoms with E-state index in [-0.39, 0.29) is 11.8 Å². The molecule has 1 aromatic rings. The number of carbonyl (C=O) groups is 2. The third-order valence-electron chi connectivity index (χ3n) is 5.44. The van der Waals surface area contributed by atoms with Gasteiger partial charge in [-0.05, 0) is 38.3 Å². The fraction of sp³-hybridized carbons (Fsp3) is 0.579. The molecule has 0 aromatic heterocycles. The number of benzene rings is 1.